The molecule has 32 heavy (non-hydrogen) atoms. The molecule has 1 aliphatic heterocycles. The van der Waals surface area contributed by atoms with E-state index in [9.17, 15) is 9.59 Å². The van der Waals surface area contributed by atoms with Gasteiger partial charge in [0.15, 0.2) is 0 Å². The molecule has 2 aliphatic rings. The lowest BCUT2D eigenvalue weighted by atomic mass is 9.95. The average Bonchev–Trinajstić information content (AvgIpc) is 3.14. The molecule has 1 aliphatic carbocycles. The highest BCUT2D eigenvalue weighted by Gasteiger charge is 2.27. The first-order chi connectivity index (χ1) is 15.5. The van der Waals surface area contributed by atoms with Crippen molar-refractivity contribution in [3.05, 3.63) is 45.3 Å². The summed E-state index contributed by atoms with van der Waals surface area (Å²) >= 11 is 7.48. The molecule has 1 aromatic carbocycles. The van der Waals surface area contributed by atoms with Gasteiger partial charge in [-0.3, -0.25) is 19.4 Å². The molecule has 1 aromatic heterocycles. The topological polar surface area (TPSA) is 84.9 Å². The molecule has 4 rings (SSSR count). The molecule has 7 nitrogen and oxygen atoms in total. The predicted molar refractivity (Wildman–Crippen MR) is 129 cm³/mol. The molecular weight excluding hydrogens is 448 g/mol. The standard InChI is InChI=1S/C23H29ClN4O3S/c24-16-5-7-17(8-6-16)25-22(31)21-18-3-1-2-4-19(18)32-23(21)26-20(30)15-28-11-9-27(10-12-28)13-14-29/h5-8,29H,1-4,9-15H2,(H,25,31)(H,26,30). The van der Waals surface area contributed by atoms with E-state index in [1.54, 1.807) is 24.3 Å². The smallest absolute Gasteiger partial charge is 0.258 e. The van der Waals surface area contributed by atoms with Crippen molar-refractivity contribution < 1.29 is 14.7 Å². The van der Waals surface area contributed by atoms with Crippen LogP contribution in [0.5, 0.6) is 0 Å². The molecule has 0 saturated carbocycles. The van der Waals surface area contributed by atoms with E-state index in [1.807, 2.05) is 0 Å². The van der Waals surface area contributed by atoms with Crippen LogP contribution in [0.4, 0.5) is 10.7 Å². The van der Waals surface area contributed by atoms with E-state index in [4.69, 9.17) is 16.7 Å². The van der Waals surface area contributed by atoms with Crippen LogP contribution in [0, 0.1) is 0 Å². The zero-order chi connectivity index (χ0) is 22.5. The van der Waals surface area contributed by atoms with Crippen molar-refractivity contribution in [2.45, 2.75) is 25.7 Å². The van der Waals surface area contributed by atoms with Gasteiger partial charge in [0.2, 0.25) is 5.91 Å². The first kappa shape index (κ1) is 23.2. The van der Waals surface area contributed by atoms with Gasteiger partial charge in [0, 0.05) is 48.3 Å². The van der Waals surface area contributed by atoms with Gasteiger partial charge in [-0.2, -0.15) is 0 Å². The van der Waals surface area contributed by atoms with Crippen LogP contribution in [-0.2, 0) is 17.6 Å². The number of hydrogen-bond acceptors (Lipinski definition) is 6. The highest BCUT2D eigenvalue weighted by atomic mass is 35.5. The summed E-state index contributed by atoms with van der Waals surface area (Å²) in [7, 11) is 0. The minimum atomic E-state index is -0.195. The monoisotopic (exact) mass is 476 g/mol. The Morgan fingerprint density at radius 2 is 1.69 bits per heavy atom. The van der Waals surface area contributed by atoms with Gasteiger partial charge in [-0.1, -0.05) is 11.6 Å². The summed E-state index contributed by atoms with van der Waals surface area (Å²) in [4.78, 5) is 31.5. The van der Waals surface area contributed by atoms with Gasteiger partial charge >= 0.3 is 0 Å². The number of piperazine rings is 1. The lowest BCUT2D eigenvalue weighted by Crippen LogP contribution is -2.49. The molecule has 0 bridgehead atoms. The highest BCUT2D eigenvalue weighted by molar-refractivity contribution is 7.17. The molecule has 0 spiro atoms. The predicted octanol–water partition coefficient (Wildman–Crippen LogP) is 3.08. The second-order valence-corrected chi connectivity index (χ2v) is 9.81. The lowest BCUT2D eigenvalue weighted by Gasteiger charge is -2.33. The number of carbonyl (C=O) groups is 2. The number of hydrogen-bond donors (Lipinski definition) is 3. The summed E-state index contributed by atoms with van der Waals surface area (Å²) in [5, 5.41) is 16.3. The van der Waals surface area contributed by atoms with Crippen LogP contribution in [0.15, 0.2) is 24.3 Å². The van der Waals surface area contributed by atoms with Crippen molar-refractivity contribution >= 4 is 45.4 Å². The summed E-state index contributed by atoms with van der Waals surface area (Å²) in [6, 6.07) is 7.02. The van der Waals surface area contributed by atoms with E-state index in [0.717, 1.165) is 57.4 Å². The minimum absolute atomic E-state index is 0.0975. The number of aliphatic hydroxyl groups is 1. The van der Waals surface area contributed by atoms with E-state index in [0.29, 0.717) is 34.4 Å². The third kappa shape index (κ3) is 5.68. The number of aliphatic hydroxyl groups excluding tert-OH is 1. The number of thiophene rings is 1. The van der Waals surface area contributed by atoms with Gasteiger partial charge in [-0.25, -0.2) is 0 Å². The summed E-state index contributed by atoms with van der Waals surface area (Å²) in [6.45, 7) is 4.40. The largest absolute Gasteiger partial charge is 0.395 e. The second-order valence-electron chi connectivity index (χ2n) is 8.27. The third-order valence-corrected chi connectivity index (χ3v) is 7.46. The molecule has 1 fully saturated rings. The Morgan fingerprint density at radius 1 is 1.00 bits per heavy atom. The van der Waals surface area contributed by atoms with E-state index >= 15 is 0 Å². The Bertz CT molecular complexity index is 955. The summed E-state index contributed by atoms with van der Waals surface area (Å²) in [5.74, 6) is -0.292. The van der Waals surface area contributed by atoms with Crippen LogP contribution in [0.1, 0.15) is 33.6 Å². The van der Waals surface area contributed by atoms with Gasteiger partial charge in [0.1, 0.15) is 5.00 Å². The molecule has 0 unspecified atom stereocenters. The fourth-order valence-electron chi connectivity index (χ4n) is 4.30. The highest BCUT2D eigenvalue weighted by Crippen LogP contribution is 2.38. The number of halogens is 1. The molecule has 2 heterocycles. The van der Waals surface area contributed by atoms with E-state index in [2.05, 4.69) is 20.4 Å². The van der Waals surface area contributed by atoms with Crippen LogP contribution in [0.2, 0.25) is 5.02 Å². The molecule has 2 aromatic rings. The van der Waals surface area contributed by atoms with Crippen molar-refractivity contribution in [3.63, 3.8) is 0 Å². The summed E-state index contributed by atoms with van der Waals surface area (Å²) in [5.41, 5.74) is 2.34. The quantitative estimate of drug-likeness (QED) is 0.572. The van der Waals surface area contributed by atoms with Gasteiger partial charge in [0.25, 0.3) is 5.91 Å². The van der Waals surface area contributed by atoms with Crippen molar-refractivity contribution in [2.24, 2.45) is 0 Å². The van der Waals surface area contributed by atoms with Gasteiger partial charge < -0.3 is 15.7 Å². The van der Waals surface area contributed by atoms with Crippen molar-refractivity contribution in [3.8, 4) is 0 Å². The Kier molecular flexibility index (Phi) is 7.80. The fraction of sp³-hybridized carbons (Fsp3) is 0.478. The number of nitrogens with zero attached hydrogens (tertiary/aromatic N) is 2. The number of amides is 2. The third-order valence-electron chi connectivity index (χ3n) is 6.00. The second kappa shape index (κ2) is 10.8. The SMILES string of the molecule is O=C(CN1CCN(CCO)CC1)Nc1sc2c(c1C(=O)Nc1ccc(Cl)cc1)CCCC2. The number of aryl methyl sites for hydroxylation is 1. The molecule has 0 atom stereocenters. The van der Waals surface area contributed by atoms with Gasteiger partial charge in [0.05, 0.1) is 18.7 Å². The normalized spacial score (nSPS) is 17.1. The number of anilines is 2. The van der Waals surface area contributed by atoms with Gasteiger partial charge in [-0.05, 0) is 55.5 Å². The number of β-amino-alcohol motifs (C(OH)–C–C–N with tert-alkyl or cyclic N) is 1. The molecule has 3 N–H and O–H groups in total. The maximum Gasteiger partial charge on any atom is 0.258 e. The Labute approximate surface area is 197 Å². The Balaban J connectivity index is 1.45. The zero-order valence-electron chi connectivity index (χ0n) is 18.0. The number of carbonyl (C=O) groups excluding carboxylic acids is 2. The van der Waals surface area contributed by atoms with Crippen molar-refractivity contribution in [2.75, 3.05) is 56.5 Å². The van der Waals surface area contributed by atoms with E-state index < -0.39 is 0 Å². The number of rotatable bonds is 7. The van der Waals surface area contributed by atoms with Crippen LogP contribution < -0.4 is 10.6 Å². The van der Waals surface area contributed by atoms with Crippen molar-refractivity contribution in [1.82, 2.24) is 9.80 Å². The maximum atomic E-state index is 13.2. The van der Waals surface area contributed by atoms with Crippen LogP contribution in [0.25, 0.3) is 0 Å². The van der Waals surface area contributed by atoms with Crippen LogP contribution in [-0.4, -0.2) is 72.6 Å². The summed E-state index contributed by atoms with van der Waals surface area (Å²) < 4.78 is 0. The zero-order valence-corrected chi connectivity index (χ0v) is 19.6. The first-order valence-electron chi connectivity index (χ1n) is 11.1. The molecule has 0 radical (unpaired) electrons. The number of fused-ring (bicyclic) bond motifs is 1. The first-order valence-corrected chi connectivity index (χ1v) is 12.3. The summed E-state index contributed by atoms with van der Waals surface area (Å²) in [6.07, 6.45) is 3.97. The van der Waals surface area contributed by atoms with Crippen LogP contribution >= 0.6 is 22.9 Å². The van der Waals surface area contributed by atoms with E-state index in [1.165, 1.54) is 16.2 Å². The number of nitrogens with one attached hydrogen (secondary N) is 2. The maximum absolute atomic E-state index is 13.2. The average molecular weight is 477 g/mol. The fourth-order valence-corrected chi connectivity index (χ4v) is 5.73. The van der Waals surface area contributed by atoms with Crippen LogP contribution in [0.3, 0.4) is 0 Å². The van der Waals surface area contributed by atoms with E-state index in [-0.39, 0.29) is 18.4 Å². The van der Waals surface area contributed by atoms with Crippen molar-refractivity contribution in [1.29, 1.82) is 0 Å². The Morgan fingerprint density at radius 3 is 2.41 bits per heavy atom. The van der Waals surface area contributed by atoms with Gasteiger partial charge in [-0.15, -0.1) is 11.3 Å². The molecule has 9 heteroatoms. The number of benzene rings is 1. The minimum Gasteiger partial charge on any atom is -0.395 e. The molecule has 1 saturated heterocycles. The lowest BCUT2D eigenvalue weighted by molar-refractivity contribution is -0.117. The Hall–Kier alpha value is -1.97. The molecule has 172 valence electrons. The molecular formula is C23H29ClN4O3S. The molecule has 2 amide bonds.